The first-order chi connectivity index (χ1) is 12.1. The Morgan fingerprint density at radius 1 is 1.12 bits per heavy atom. The third kappa shape index (κ3) is 4.04. The molecular weight excluding hydrogens is 348 g/mol. The monoisotopic (exact) mass is 378 g/mol. The van der Waals surface area contributed by atoms with Crippen LogP contribution in [0.2, 0.25) is 0 Å². The predicted molar refractivity (Wildman–Crippen MR) is 102 cm³/mol. The Bertz CT molecular complexity index is 748. The summed E-state index contributed by atoms with van der Waals surface area (Å²) in [5.74, 6) is 0.350. The Labute approximate surface area is 157 Å². The van der Waals surface area contributed by atoms with Crippen molar-refractivity contribution in [2.75, 3.05) is 5.75 Å². The number of fused-ring (bicyclic) bond motifs is 1. The molecule has 0 bridgehead atoms. The van der Waals surface area contributed by atoms with Gasteiger partial charge in [-0.2, -0.15) is 0 Å². The number of hydrogen-bond donors (Lipinski definition) is 0. The normalized spacial score (nSPS) is 32.5. The molecule has 0 radical (unpaired) electrons. The zero-order valence-electron chi connectivity index (χ0n) is 16.1. The summed E-state index contributed by atoms with van der Waals surface area (Å²) >= 11 is 0. The van der Waals surface area contributed by atoms with Crippen molar-refractivity contribution in [1.82, 2.24) is 0 Å². The van der Waals surface area contributed by atoms with Gasteiger partial charge >= 0.3 is 0 Å². The van der Waals surface area contributed by atoms with E-state index in [9.17, 15) is 13.2 Å². The second-order valence-corrected chi connectivity index (χ2v) is 11.0. The Morgan fingerprint density at radius 3 is 2.38 bits per heavy atom. The number of carbonyl (C=O) groups is 1. The van der Waals surface area contributed by atoms with E-state index in [0.29, 0.717) is 17.2 Å². The van der Waals surface area contributed by atoms with E-state index in [4.69, 9.17) is 4.74 Å². The van der Waals surface area contributed by atoms with Gasteiger partial charge in [-0.25, -0.2) is 8.42 Å². The molecule has 2 fully saturated rings. The molecular formula is C21H30O4S. The molecule has 2 aliphatic carbocycles. The van der Waals surface area contributed by atoms with Crippen molar-refractivity contribution in [3.63, 3.8) is 0 Å². The molecule has 1 aromatic rings. The second-order valence-electron chi connectivity index (χ2n) is 8.94. The first-order valence-corrected chi connectivity index (χ1v) is 11.2. The van der Waals surface area contributed by atoms with E-state index in [1.54, 1.807) is 30.3 Å². The molecule has 0 aliphatic heterocycles. The molecule has 2 saturated carbocycles. The van der Waals surface area contributed by atoms with Crippen molar-refractivity contribution in [3.05, 3.63) is 30.3 Å². The number of Topliss-reactive ketones (excluding diaryl/α,β-unsaturated/α-hetero) is 1. The van der Waals surface area contributed by atoms with Crippen LogP contribution in [0, 0.1) is 23.7 Å². The van der Waals surface area contributed by atoms with Crippen LogP contribution >= 0.6 is 0 Å². The Balaban J connectivity index is 1.83. The summed E-state index contributed by atoms with van der Waals surface area (Å²) in [7, 11) is -3.46. The van der Waals surface area contributed by atoms with Gasteiger partial charge in [-0.15, -0.1) is 0 Å². The van der Waals surface area contributed by atoms with E-state index < -0.39 is 15.8 Å². The summed E-state index contributed by atoms with van der Waals surface area (Å²) in [6, 6.07) is 8.48. The summed E-state index contributed by atoms with van der Waals surface area (Å²) in [6.07, 6.45) is 2.25. The van der Waals surface area contributed by atoms with E-state index in [1.807, 2.05) is 0 Å². The fourth-order valence-corrected chi connectivity index (χ4v) is 6.44. The fourth-order valence-electron chi connectivity index (χ4n) is 4.77. The van der Waals surface area contributed by atoms with E-state index in [0.717, 1.165) is 12.8 Å². The summed E-state index contributed by atoms with van der Waals surface area (Å²) in [4.78, 5) is 12.9. The lowest BCUT2D eigenvalue weighted by molar-refractivity contribution is -0.131. The average molecular weight is 379 g/mol. The Kier molecular flexibility index (Phi) is 5.33. The minimum absolute atomic E-state index is 0.0774. The van der Waals surface area contributed by atoms with Gasteiger partial charge in [0.25, 0.3) is 0 Å². The summed E-state index contributed by atoms with van der Waals surface area (Å²) in [6.45, 7) is 8.33. The van der Waals surface area contributed by atoms with Gasteiger partial charge in [0.2, 0.25) is 0 Å². The predicted octanol–water partition coefficient (Wildman–Crippen LogP) is 3.90. The standard InChI is InChI=1S/C21H30O4S/c1-14-12-17-16(20(14)25-21(2,3)4)10-11-19(22)18(17)13-26(23,24)15-8-6-5-7-9-15/h5-9,14,16-18,20H,10-13H2,1-4H3/t14?,16?,17?,18?,20-/m0/s1. The number of ether oxygens (including phenoxy) is 1. The van der Waals surface area contributed by atoms with Gasteiger partial charge in [-0.3, -0.25) is 4.79 Å². The minimum atomic E-state index is -3.46. The summed E-state index contributed by atoms with van der Waals surface area (Å²) < 4.78 is 32.0. The van der Waals surface area contributed by atoms with Crippen molar-refractivity contribution >= 4 is 15.6 Å². The number of sulfone groups is 1. The molecule has 26 heavy (non-hydrogen) atoms. The van der Waals surface area contributed by atoms with Crippen LogP contribution in [0.25, 0.3) is 0 Å². The molecule has 0 aromatic heterocycles. The molecule has 5 heteroatoms. The molecule has 3 rings (SSSR count). The highest BCUT2D eigenvalue weighted by Gasteiger charge is 2.51. The molecule has 5 atom stereocenters. The lowest BCUT2D eigenvalue weighted by atomic mass is 9.73. The molecule has 0 saturated heterocycles. The van der Waals surface area contributed by atoms with Crippen LogP contribution in [0.15, 0.2) is 35.2 Å². The topological polar surface area (TPSA) is 60.4 Å². The fraction of sp³-hybridized carbons (Fsp3) is 0.667. The van der Waals surface area contributed by atoms with Crippen molar-refractivity contribution in [2.45, 2.75) is 63.6 Å². The lowest BCUT2D eigenvalue weighted by Crippen LogP contribution is -2.41. The molecule has 0 heterocycles. The third-order valence-electron chi connectivity index (χ3n) is 5.82. The highest BCUT2D eigenvalue weighted by molar-refractivity contribution is 7.91. The van der Waals surface area contributed by atoms with Gasteiger partial charge in [0.15, 0.2) is 9.84 Å². The van der Waals surface area contributed by atoms with Gasteiger partial charge in [0.1, 0.15) is 5.78 Å². The van der Waals surface area contributed by atoms with Crippen LogP contribution in [0.4, 0.5) is 0 Å². The van der Waals surface area contributed by atoms with Crippen molar-refractivity contribution < 1.29 is 17.9 Å². The maximum atomic E-state index is 12.8. The van der Waals surface area contributed by atoms with Gasteiger partial charge in [0, 0.05) is 12.3 Å². The number of hydrogen-bond acceptors (Lipinski definition) is 4. The van der Waals surface area contributed by atoms with Crippen LogP contribution in [0.5, 0.6) is 0 Å². The average Bonchev–Trinajstić information content (AvgIpc) is 2.86. The lowest BCUT2D eigenvalue weighted by Gasteiger charge is -2.37. The molecule has 4 unspecified atom stereocenters. The van der Waals surface area contributed by atoms with E-state index in [2.05, 4.69) is 27.7 Å². The van der Waals surface area contributed by atoms with Crippen molar-refractivity contribution in [2.24, 2.45) is 23.7 Å². The molecule has 0 amide bonds. The third-order valence-corrected chi connectivity index (χ3v) is 7.61. The number of benzene rings is 1. The second kappa shape index (κ2) is 7.08. The van der Waals surface area contributed by atoms with Crippen LogP contribution in [-0.4, -0.2) is 31.7 Å². The Morgan fingerprint density at radius 2 is 1.77 bits per heavy atom. The smallest absolute Gasteiger partial charge is 0.179 e. The van der Waals surface area contributed by atoms with Crippen LogP contribution < -0.4 is 0 Å². The highest BCUT2D eigenvalue weighted by atomic mass is 32.2. The van der Waals surface area contributed by atoms with Gasteiger partial charge in [-0.1, -0.05) is 25.1 Å². The summed E-state index contributed by atoms with van der Waals surface area (Å²) in [5, 5.41) is 0. The molecule has 4 nitrogen and oxygen atoms in total. The van der Waals surface area contributed by atoms with Crippen LogP contribution in [0.1, 0.15) is 47.0 Å². The molecule has 0 spiro atoms. The maximum absolute atomic E-state index is 12.8. The first-order valence-electron chi connectivity index (χ1n) is 9.57. The zero-order valence-corrected chi connectivity index (χ0v) is 17.0. The molecule has 0 N–H and O–H groups in total. The molecule has 144 valence electrons. The summed E-state index contributed by atoms with van der Waals surface area (Å²) in [5.41, 5.74) is -0.235. The SMILES string of the molecule is CC1CC2C(CS(=O)(=O)c3ccccc3)C(=O)CCC2[C@H]1OC(C)(C)C. The molecule has 1 aromatic carbocycles. The van der Waals surface area contributed by atoms with Crippen molar-refractivity contribution in [3.8, 4) is 0 Å². The number of ketones is 1. The Hall–Kier alpha value is -1.20. The van der Waals surface area contributed by atoms with E-state index in [-0.39, 0.29) is 35.1 Å². The molecule has 2 aliphatic rings. The van der Waals surface area contributed by atoms with E-state index in [1.165, 1.54) is 0 Å². The van der Waals surface area contributed by atoms with Crippen LogP contribution in [0.3, 0.4) is 0 Å². The first kappa shape index (κ1) is 19.6. The van der Waals surface area contributed by atoms with Gasteiger partial charge < -0.3 is 4.74 Å². The van der Waals surface area contributed by atoms with Gasteiger partial charge in [0.05, 0.1) is 22.4 Å². The largest absolute Gasteiger partial charge is 0.372 e. The van der Waals surface area contributed by atoms with Crippen LogP contribution in [-0.2, 0) is 19.4 Å². The highest BCUT2D eigenvalue weighted by Crippen LogP contribution is 2.49. The number of carbonyl (C=O) groups excluding carboxylic acids is 1. The minimum Gasteiger partial charge on any atom is -0.372 e. The zero-order chi connectivity index (χ0) is 19.1. The maximum Gasteiger partial charge on any atom is 0.179 e. The van der Waals surface area contributed by atoms with E-state index >= 15 is 0 Å². The quantitative estimate of drug-likeness (QED) is 0.797. The van der Waals surface area contributed by atoms with Gasteiger partial charge in [-0.05, 0) is 63.5 Å². The van der Waals surface area contributed by atoms with Crippen molar-refractivity contribution in [1.29, 1.82) is 0 Å². The number of rotatable bonds is 4.